The number of ether oxygens (including phenoxy) is 1. The third-order valence-corrected chi connectivity index (χ3v) is 4.79. The molecule has 1 aromatic heterocycles. The lowest BCUT2D eigenvalue weighted by molar-refractivity contribution is -0.142. The molecule has 0 aliphatic carbocycles. The van der Waals surface area contributed by atoms with Gasteiger partial charge in [-0.15, -0.1) is 0 Å². The average Bonchev–Trinajstić information content (AvgIpc) is 2.93. The quantitative estimate of drug-likeness (QED) is 0.417. The number of esters is 1. The van der Waals surface area contributed by atoms with E-state index < -0.39 is 18.5 Å². The maximum Gasteiger partial charge on any atom is 0.349 e. The molecule has 2 aromatic rings. The molecular formula is C24H29N3O3. The van der Waals surface area contributed by atoms with Gasteiger partial charge in [0, 0.05) is 23.6 Å². The Morgan fingerprint density at radius 1 is 1.20 bits per heavy atom. The molecule has 0 unspecified atom stereocenters. The summed E-state index contributed by atoms with van der Waals surface area (Å²) in [4.78, 5) is 24.5. The second kappa shape index (κ2) is 9.93. The highest BCUT2D eigenvalue weighted by Gasteiger charge is 2.16. The summed E-state index contributed by atoms with van der Waals surface area (Å²) in [5.74, 6) is -0.799. The molecule has 0 bridgehead atoms. The molecule has 158 valence electrons. The number of aryl methyl sites for hydroxylation is 3. The van der Waals surface area contributed by atoms with Gasteiger partial charge in [0.15, 0.2) is 6.61 Å². The van der Waals surface area contributed by atoms with E-state index in [1.54, 1.807) is 6.07 Å². The van der Waals surface area contributed by atoms with Gasteiger partial charge < -0.3 is 14.6 Å². The molecule has 0 saturated heterocycles. The van der Waals surface area contributed by atoms with Gasteiger partial charge in [-0.25, -0.2) is 4.79 Å². The van der Waals surface area contributed by atoms with E-state index in [0.717, 1.165) is 34.6 Å². The van der Waals surface area contributed by atoms with Crippen molar-refractivity contribution in [2.24, 2.45) is 5.92 Å². The molecule has 30 heavy (non-hydrogen) atoms. The zero-order valence-corrected chi connectivity index (χ0v) is 18.5. The lowest BCUT2D eigenvalue weighted by atomic mass is 10.1. The number of benzene rings is 1. The van der Waals surface area contributed by atoms with E-state index in [1.807, 2.05) is 52.0 Å². The first-order valence-corrected chi connectivity index (χ1v) is 9.95. The number of amides is 1. The summed E-state index contributed by atoms with van der Waals surface area (Å²) in [6.07, 6.45) is 1.52. The standard InChI is InChI=1S/C24H29N3O3/c1-15(2)13-27-18(5)10-20(19(27)6)11-21(12-25)24(29)30-14-23(28)26-22-8-7-16(3)9-17(22)4/h7-11,15H,13-14H2,1-6H3,(H,26,28)/b21-11-. The number of carbonyl (C=O) groups excluding carboxylic acids is 2. The van der Waals surface area contributed by atoms with Crippen LogP contribution in [0.3, 0.4) is 0 Å². The first kappa shape index (κ1) is 23.0. The summed E-state index contributed by atoms with van der Waals surface area (Å²) < 4.78 is 7.22. The Hall–Kier alpha value is -3.33. The van der Waals surface area contributed by atoms with Crippen LogP contribution in [0.1, 0.15) is 41.9 Å². The predicted octanol–water partition coefficient (Wildman–Crippen LogP) is 4.47. The smallest absolute Gasteiger partial charge is 0.349 e. The second-order valence-corrected chi connectivity index (χ2v) is 7.94. The fourth-order valence-corrected chi connectivity index (χ4v) is 3.26. The predicted molar refractivity (Wildman–Crippen MR) is 118 cm³/mol. The molecule has 1 heterocycles. The summed E-state index contributed by atoms with van der Waals surface area (Å²) in [6.45, 7) is 12.5. The molecule has 0 radical (unpaired) electrons. The van der Waals surface area contributed by atoms with E-state index in [-0.39, 0.29) is 5.57 Å². The maximum absolute atomic E-state index is 12.3. The molecule has 0 saturated carbocycles. The van der Waals surface area contributed by atoms with Crippen molar-refractivity contribution in [1.29, 1.82) is 5.26 Å². The molecular weight excluding hydrogens is 378 g/mol. The number of carbonyl (C=O) groups is 2. The Bertz CT molecular complexity index is 1020. The van der Waals surface area contributed by atoms with Crippen LogP contribution < -0.4 is 5.32 Å². The van der Waals surface area contributed by atoms with Gasteiger partial charge in [-0.1, -0.05) is 31.5 Å². The first-order chi connectivity index (χ1) is 14.1. The van der Waals surface area contributed by atoms with Gasteiger partial charge in [-0.05, 0) is 62.9 Å². The lowest BCUT2D eigenvalue weighted by Gasteiger charge is -2.12. The number of nitriles is 1. The Balaban J connectivity index is 2.06. The minimum atomic E-state index is -0.818. The van der Waals surface area contributed by atoms with E-state index in [4.69, 9.17) is 4.74 Å². The highest BCUT2D eigenvalue weighted by atomic mass is 16.5. The van der Waals surface area contributed by atoms with Crippen molar-refractivity contribution in [3.05, 3.63) is 57.9 Å². The van der Waals surface area contributed by atoms with Crippen LogP contribution in [0, 0.1) is 44.9 Å². The number of nitrogens with zero attached hydrogens (tertiary/aromatic N) is 2. The highest BCUT2D eigenvalue weighted by Crippen LogP contribution is 2.20. The summed E-state index contributed by atoms with van der Waals surface area (Å²) >= 11 is 0. The first-order valence-electron chi connectivity index (χ1n) is 9.95. The molecule has 6 heteroatoms. The van der Waals surface area contributed by atoms with Crippen LogP contribution >= 0.6 is 0 Å². The molecule has 6 nitrogen and oxygen atoms in total. The Kier molecular flexibility index (Phi) is 7.60. The van der Waals surface area contributed by atoms with Crippen molar-refractivity contribution in [2.75, 3.05) is 11.9 Å². The van der Waals surface area contributed by atoms with Gasteiger partial charge >= 0.3 is 5.97 Å². The number of aromatic nitrogens is 1. The van der Waals surface area contributed by atoms with Gasteiger partial charge in [-0.3, -0.25) is 4.79 Å². The number of nitrogens with one attached hydrogen (secondary N) is 1. The fraction of sp³-hybridized carbons (Fsp3) is 0.375. The monoisotopic (exact) mass is 407 g/mol. The zero-order valence-electron chi connectivity index (χ0n) is 18.5. The number of anilines is 1. The number of rotatable bonds is 7. The van der Waals surface area contributed by atoms with Crippen molar-refractivity contribution in [3.63, 3.8) is 0 Å². The van der Waals surface area contributed by atoms with E-state index in [2.05, 4.69) is 23.7 Å². The maximum atomic E-state index is 12.3. The van der Waals surface area contributed by atoms with Crippen molar-refractivity contribution in [3.8, 4) is 6.07 Å². The topological polar surface area (TPSA) is 84.1 Å². The second-order valence-electron chi connectivity index (χ2n) is 7.94. The third kappa shape index (κ3) is 5.84. The molecule has 1 amide bonds. The van der Waals surface area contributed by atoms with Crippen molar-refractivity contribution in [2.45, 2.75) is 48.1 Å². The molecule has 1 N–H and O–H groups in total. The van der Waals surface area contributed by atoms with E-state index in [9.17, 15) is 14.9 Å². The summed E-state index contributed by atoms with van der Waals surface area (Å²) in [5.41, 5.74) is 5.37. The van der Waals surface area contributed by atoms with Gasteiger partial charge in [-0.2, -0.15) is 5.26 Å². The van der Waals surface area contributed by atoms with Crippen LogP contribution in [0.2, 0.25) is 0 Å². The van der Waals surface area contributed by atoms with Crippen LogP contribution in [0.5, 0.6) is 0 Å². The number of hydrogen-bond acceptors (Lipinski definition) is 4. The normalized spacial score (nSPS) is 11.3. The van der Waals surface area contributed by atoms with Gasteiger partial charge in [0.1, 0.15) is 11.6 Å². The summed E-state index contributed by atoms with van der Waals surface area (Å²) in [5, 5.41) is 12.1. The number of hydrogen-bond donors (Lipinski definition) is 1. The van der Waals surface area contributed by atoms with Crippen molar-refractivity contribution in [1.82, 2.24) is 4.57 Å². The van der Waals surface area contributed by atoms with Crippen LogP contribution in [0.15, 0.2) is 29.8 Å². The fourth-order valence-electron chi connectivity index (χ4n) is 3.26. The largest absolute Gasteiger partial charge is 0.451 e. The van der Waals surface area contributed by atoms with Gasteiger partial charge in [0.25, 0.3) is 5.91 Å². The average molecular weight is 408 g/mol. The minimum absolute atomic E-state index is 0.140. The lowest BCUT2D eigenvalue weighted by Crippen LogP contribution is -2.21. The third-order valence-electron chi connectivity index (χ3n) is 4.79. The summed E-state index contributed by atoms with van der Waals surface area (Å²) in [7, 11) is 0. The minimum Gasteiger partial charge on any atom is -0.451 e. The Morgan fingerprint density at radius 2 is 1.90 bits per heavy atom. The van der Waals surface area contributed by atoms with E-state index in [1.165, 1.54) is 6.08 Å². The van der Waals surface area contributed by atoms with E-state index >= 15 is 0 Å². The zero-order chi connectivity index (χ0) is 22.4. The SMILES string of the molecule is Cc1ccc(NC(=O)COC(=O)/C(C#N)=C\c2cc(C)n(CC(C)C)c2C)c(C)c1. The van der Waals surface area contributed by atoms with Crippen LogP contribution in [0.4, 0.5) is 5.69 Å². The summed E-state index contributed by atoms with van der Waals surface area (Å²) in [6, 6.07) is 9.47. The van der Waals surface area contributed by atoms with Gasteiger partial charge in [0.05, 0.1) is 0 Å². The molecule has 0 aliphatic heterocycles. The molecule has 0 aliphatic rings. The van der Waals surface area contributed by atoms with Crippen LogP contribution in [-0.4, -0.2) is 23.1 Å². The molecule has 0 fully saturated rings. The van der Waals surface area contributed by atoms with Crippen LogP contribution in [0.25, 0.3) is 6.08 Å². The Morgan fingerprint density at radius 3 is 2.50 bits per heavy atom. The highest BCUT2D eigenvalue weighted by molar-refractivity contribution is 6.00. The van der Waals surface area contributed by atoms with Crippen LogP contribution in [-0.2, 0) is 20.9 Å². The Labute approximate surface area is 178 Å². The van der Waals surface area contributed by atoms with Crippen molar-refractivity contribution >= 4 is 23.6 Å². The molecule has 1 aromatic carbocycles. The van der Waals surface area contributed by atoms with Gasteiger partial charge in [0.2, 0.25) is 0 Å². The molecule has 0 atom stereocenters. The van der Waals surface area contributed by atoms with Crippen molar-refractivity contribution < 1.29 is 14.3 Å². The van der Waals surface area contributed by atoms with E-state index in [0.29, 0.717) is 11.6 Å². The molecule has 0 spiro atoms. The molecule has 2 rings (SSSR count).